The van der Waals surface area contributed by atoms with Gasteiger partial charge in [-0.15, -0.1) is 0 Å². The molecule has 16 heavy (non-hydrogen) atoms. The fourth-order valence-corrected chi connectivity index (χ4v) is 1.47. The molecule has 1 aromatic carbocycles. The number of aryl methyl sites for hydroxylation is 1. The van der Waals surface area contributed by atoms with Gasteiger partial charge in [0.2, 0.25) is 0 Å². The Morgan fingerprint density at radius 3 is 2.50 bits per heavy atom. The molecule has 0 saturated carbocycles. The van der Waals surface area contributed by atoms with Gasteiger partial charge in [-0.3, -0.25) is 0 Å². The summed E-state index contributed by atoms with van der Waals surface area (Å²) in [5.74, 6) is 0.712. The number of hydrogen-bond acceptors (Lipinski definition) is 2. The first-order chi connectivity index (χ1) is 7.74. The maximum atomic E-state index is 4.29. The molecule has 0 unspecified atom stereocenters. The van der Waals surface area contributed by atoms with Crippen LogP contribution in [-0.2, 0) is 0 Å². The van der Waals surface area contributed by atoms with E-state index in [0.717, 1.165) is 10.0 Å². The van der Waals surface area contributed by atoms with E-state index in [1.807, 2.05) is 30.5 Å². The third-order valence-corrected chi connectivity index (χ3v) is 2.60. The molecule has 0 radical (unpaired) electrons. The normalized spacial score (nSPS) is 10.9. The molecule has 0 aliphatic rings. The number of aromatic nitrogens is 1. The fourth-order valence-electron chi connectivity index (χ4n) is 1.24. The lowest BCUT2D eigenvalue weighted by Crippen LogP contribution is -1.81. The molecule has 0 aliphatic carbocycles. The van der Waals surface area contributed by atoms with Gasteiger partial charge in [0.05, 0.1) is 0 Å². The average Bonchev–Trinajstić information content (AvgIpc) is 2.30. The van der Waals surface area contributed by atoms with E-state index in [1.165, 1.54) is 5.56 Å². The second-order valence-corrected chi connectivity index (χ2v) is 4.42. The molecule has 0 fully saturated rings. The van der Waals surface area contributed by atoms with Crippen LogP contribution < -0.4 is 0 Å². The van der Waals surface area contributed by atoms with Crippen LogP contribution in [0.4, 0.5) is 5.82 Å². The van der Waals surface area contributed by atoms with Crippen molar-refractivity contribution < 1.29 is 0 Å². The molecule has 80 valence electrons. The largest absolute Gasteiger partial charge is 0.237 e. The van der Waals surface area contributed by atoms with E-state index >= 15 is 0 Å². The van der Waals surface area contributed by atoms with E-state index in [9.17, 15) is 0 Å². The Hall–Kier alpha value is -1.48. The zero-order chi connectivity index (χ0) is 11.4. The lowest BCUT2D eigenvalue weighted by Gasteiger charge is -1.95. The number of benzene rings is 1. The Morgan fingerprint density at radius 2 is 1.88 bits per heavy atom. The molecule has 0 saturated heterocycles. The molecule has 2 rings (SSSR count). The lowest BCUT2D eigenvalue weighted by atomic mass is 10.2. The van der Waals surface area contributed by atoms with E-state index in [4.69, 9.17) is 0 Å². The molecule has 3 heteroatoms. The van der Waals surface area contributed by atoms with E-state index in [0.29, 0.717) is 5.82 Å². The highest BCUT2D eigenvalue weighted by molar-refractivity contribution is 9.10. The molecular formula is C13H11BrN2. The molecule has 0 bridgehead atoms. The summed E-state index contributed by atoms with van der Waals surface area (Å²) in [7, 11) is 0. The second-order valence-electron chi connectivity index (χ2n) is 3.50. The molecule has 1 aromatic heterocycles. The minimum atomic E-state index is 0.712. The Kier molecular flexibility index (Phi) is 3.47. The van der Waals surface area contributed by atoms with Gasteiger partial charge in [-0.25, -0.2) is 9.98 Å². The smallest absolute Gasteiger partial charge is 0.151 e. The summed E-state index contributed by atoms with van der Waals surface area (Å²) in [6.07, 6.45) is 3.55. The third-order valence-electron chi connectivity index (χ3n) is 2.14. The summed E-state index contributed by atoms with van der Waals surface area (Å²) in [4.78, 5) is 8.46. The third kappa shape index (κ3) is 3.00. The molecule has 0 N–H and O–H groups in total. The highest BCUT2D eigenvalue weighted by atomic mass is 79.9. The van der Waals surface area contributed by atoms with Crippen LogP contribution >= 0.6 is 15.9 Å². The van der Waals surface area contributed by atoms with Gasteiger partial charge in [-0.05, 0) is 40.5 Å². The highest BCUT2D eigenvalue weighted by Gasteiger charge is 1.91. The van der Waals surface area contributed by atoms with Crippen molar-refractivity contribution in [3.8, 4) is 0 Å². The van der Waals surface area contributed by atoms with Crippen molar-refractivity contribution >= 4 is 28.0 Å². The van der Waals surface area contributed by atoms with Gasteiger partial charge in [0.25, 0.3) is 0 Å². The zero-order valence-corrected chi connectivity index (χ0v) is 10.5. The molecule has 0 atom stereocenters. The first-order valence-electron chi connectivity index (χ1n) is 4.96. The van der Waals surface area contributed by atoms with Gasteiger partial charge in [-0.1, -0.05) is 29.8 Å². The number of nitrogens with zero attached hydrogens (tertiary/aromatic N) is 2. The Bertz CT molecular complexity index is 439. The zero-order valence-electron chi connectivity index (χ0n) is 8.89. The lowest BCUT2D eigenvalue weighted by molar-refractivity contribution is 1.26. The maximum absolute atomic E-state index is 4.29. The summed E-state index contributed by atoms with van der Waals surface area (Å²) in [5.41, 5.74) is 2.33. The summed E-state index contributed by atoms with van der Waals surface area (Å²) in [6, 6.07) is 12.0. The van der Waals surface area contributed by atoms with Crippen molar-refractivity contribution in [3.05, 3.63) is 58.2 Å². The van der Waals surface area contributed by atoms with E-state index < -0.39 is 0 Å². The topological polar surface area (TPSA) is 25.2 Å². The van der Waals surface area contributed by atoms with Gasteiger partial charge >= 0.3 is 0 Å². The van der Waals surface area contributed by atoms with Crippen LogP contribution in [0.2, 0.25) is 0 Å². The molecule has 0 amide bonds. The molecule has 2 aromatic rings. The summed E-state index contributed by atoms with van der Waals surface area (Å²) >= 11 is 3.34. The van der Waals surface area contributed by atoms with Gasteiger partial charge in [-0.2, -0.15) is 0 Å². The van der Waals surface area contributed by atoms with Gasteiger partial charge in [0, 0.05) is 16.9 Å². The van der Waals surface area contributed by atoms with Crippen LogP contribution in [0.1, 0.15) is 11.1 Å². The number of pyridine rings is 1. The van der Waals surface area contributed by atoms with Crippen LogP contribution in [0, 0.1) is 6.92 Å². The van der Waals surface area contributed by atoms with E-state index in [-0.39, 0.29) is 0 Å². The molecule has 0 spiro atoms. The van der Waals surface area contributed by atoms with Crippen molar-refractivity contribution in [2.45, 2.75) is 6.92 Å². The number of hydrogen-bond donors (Lipinski definition) is 0. The Labute approximate surface area is 103 Å². The molecule has 0 aliphatic heterocycles. The van der Waals surface area contributed by atoms with Gasteiger partial charge in [0.1, 0.15) is 0 Å². The molecular weight excluding hydrogens is 264 g/mol. The van der Waals surface area contributed by atoms with Crippen LogP contribution in [0.5, 0.6) is 0 Å². The van der Waals surface area contributed by atoms with E-state index in [1.54, 1.807) is 6.20 Å². The van der Waals surface area contributed by atoms with E-state index in [2.05, 4.69) is 45.0 Å². The van der Waals surface area contributed by atoms with Crippen molar-refractivity contribution in [3.63, 3.8) is 0 Å². The highest BCUT2D eigenvalue weighted by Crippen LogP contribution is 2.12. The fraction of sp³-hybridized carbons (Fsp3) is 0.0769. The summed E-state index contributed by atoms with van der Waals surface area (Å²) in [6.45, 7) is 2.07. The monoisotopic (exact) mass is 274 g/mol. The summed E-state index contributed by atoms with van der Waals surface area (Å²) < 4.78 is 0.960. The number of halogens is 1. The predicted molar refractivity (Wildman–Crippen MR) is 70.4 cm³/mol. The van der Waals surface area contributed by atoms with Crippen LogP contribution in [0.15, 0.2) is 52.1 Å². The predicted octanol–water partition coefficient (Wildman–Crippen LogP) is 3.90. The SMILES string of the molecule is Cc1ccc(C=Nc2ccc(Br)cn2)cc1. The van der Waals surface area contributed by atoms with Crippen LogP contribution in [0.25, 0.3) is 0 Å². The van der Waals surface area contributed by atoms with Crippen molar-refractivity contribution in [2.75, 3.05) is 0 Å². The van der Waals surface area contributed by atoms with Crippen LogP contribution in [-0.4, -0.2) is 11.2 Å². The van der Waals surface area contributed by atoms with Gasteiger partial charge < -0.3 is 0 Å². The summed E-state index contributed by atoms with van der Waals surface area (Å²) in [5, 5.41) is 0. The van der Waals surface area contributed by atoms with Crippen molar-refractivity contribution in [1.29, 1.82) is 0 Å². The van der Waals surface area contributed by atoms with Crippen molar-refractivity contribution in [2.24, 2.45) is 4.99 Å². The standard InChI is InChI=1S/C13H11BrN2/c1-10-2-4-11(5-3-10)8-15-13-7-6-12(14)9-16-13/h2-9H,1H3. The molecule has 1 heterocycles. The Morgan fingerprint density at radius 1 is 1.12 bits per heavy atom. The first kappa shape index (κ1) is 11.0. The number of rotatable bonds is 2. The quantitative estimate of drug-likeness (QED) is 0.763. The van der Waals surface area contributed by atoms with Crippen LogP contribution in [0.3, 0.4) is 0 Å². The Balaban J connectivity index is 2.15. The second kappa shape index (κ2) is 5.03. The average molecular weight is 275 g/mol. The minimum absolute atomic E-state index is 0.712. The van der Waals surface area contributed by atoms with Crippen molar-refractivity contribution in [1.82, 2.24) is 4.98 Å². The first-order valence-corrected chi connectivity index (χ1v) is 5.75. The van der Waals surface area contributed by atoms with Gasteiger partial charge in [0.15, 0.2) is 5.82 Å². The molecule has 2 nitrogen and oxygen atoms in total. The number of aliphatic imine (C=N–C) groups is 1. The minimum Gasteiger partial charge on any atom is -0.237 e. The maximum Gasteiger partial charge on any atom is 0.151 e.